The van der Waals surface area contributed by atoms with Crippen LogP contribution in [-0.2, 0) is 0 Å². The molecule has 0 spiro atoms. The molecule has 35 heavy (non-hydrogen) atoms. The van der Waals surface area contributed by atoms with E-state index in [0.717, 1.165) is 50.1 Å². The fraction of sp³-hybridized carbons (Fsp3) is 0. The number of benzene rings is 5. The monoisotopic (exact) mass is 448 g/mol. The van der Waals surface area contributed by atoms with E-state index in [9.17, 15) is 0 Å². The number of H-pyrrole nitrogens is 1. The fourth-order valence-electron chi connectivity index (χ4n) is 5.50. The molecule has 4 heteroatoms. The quantitative estimate of drug-likeness (QED) is 0.289. The van der Waals surface area contributed by atoms with Crippen LogP contribution in [0.1, 0.15) is 0 Å². The minimum absolute atomic E-state index is 0.924. The molecule has 8 rings (SSSR count). The summed E-state index contributed by atoms with van der Waals surface area (Å²) in [5.74, 6) is 0.924. The van der Waals surface area contributed by atoms with Crippen LogP contribution in [0.25, 0.3) is 66.5 Å². The van der Waals surface area contributed by atoms with Crippen molar-refractivity contribution in [2.45, 2.75) is 0 Å². The number of nitrogens with zero attached hydrogens (tertiary/aromatic N) is 3. The first-order valence-corrected chi connectivity index (χ1v) is 11.8. The van der Waals surface area contributed by atoms with Crippen LogP contribution in [0.4, 0.5) is 0 Å². The van der Waals surface area contributed by atoms with Gasteiger partial charge in [0.15, 0.2) is 0 Å². The third-order valence-corrected chi connectivity index (χ3v) is 7.06. The average Bonchev–Trinajstić information content (AvgIpc) is 3.57. The third kappa shape index (κ3) is 2.53. The highest BCUT2D eigenvalue weighted by Gasteiger charge is 2.19. The Morgan fingerprint density at radius 3 is 2.23 bits per heavy atom. The topological polar surface area (TPSA) is 38.0 Å². The summed E-state index contributed by atoms with van der Waals surface area (Å²) < 4.78 is 4.54. The maximum atomic E-state index is 5.25. The van der Waals surface area contributed by atoms with E-state index in [2.05, 4.69) is 123 Å². The lowest BCUT2D eigenvalue weighted by atomic mass is 10.0. The number of aromatic amines is 1. The highest BCUT2D eigenvalue weighted by atomic mass is 15.2. The van der Waals surface area contributed by atoms with E-state index in [-0.39, 0.29) is 0 Å². The summed E-state index contributed by atoms with van der Waals surface area (Å²) in [5.41, 5.74) is 10.2. The van der Waals surface area contributed by atoms with Crippen LogP contribution in [0.5, 0.6) is 0 Å². The summed E-state index contributed by atoms with van der Waals surface area (Å²) in [6, 6.07) is 40.6. The van der Waals surface area contributed by atoms with Crippen molar-refractivity contribution >= 4 is 49.7 Å². The second-order valence-corrected chi connectivity index (χ2v) is 9.01. The number of rotatable bonds is 2. The molecule has 1 N–H and O–H groups in total. The van der Waals surface area contributed by atoms with Crippen LogP contribution in [0.2, 0.25) is 0 Å². The summed E-state index contributed by atoms with van der Waals surface area (Å²) in [6.45, 7) is 0. The van der Waals surface area contributed by atoms with Crippen molar-refractivity contribution in [3.63, 3.8) is 0 Å². The Balaban J connectivity index is 1.46. The lowest BCUT2D eigenvalue weighted by molar-refractivity contribution is 1.11. The zero-order valence-corrected chi connectivity index (χ0v) is 18.8. The molecule has 164 valence electrons. The van der Waals surface area contributed by atoms with Crippen molar-refractivity contribution in [1.82, 2.24) is 18.9 Å². The predicted octanol–water partition coefficient (Wildman–Crippen LogP) is 7.73. The van der Waals surface area contributed by atoms with Gasteiger partial charge in [0.2, 0.25) is 5.78 Å². The van der Waals surface area contributed by atoms with Crippen LogP contribution in [0.15, 0.2) is 115 Å². The smallest absolute Gasteiger partial charge is 0.220 e. The molecular formula is C31H20N4. The van der Waals surface area contributed by atoms with Crippen molar-refractivity contribution < 1.29 is 0 Å². The summed E-state index contributed by atoms with van der Waals surface area (Å²) in [5, 5.41) is 2.48. The number of imidazole rings is 2. The van der Waals surface area contributed by atoms with E-state index in [0.29, 0.717) is 0 Å². The second-order valence-electron chi connectivity index (χ2n) is 9.01. The Kier molecular flexibility index (Phi) is 3.63. The fourth-order valence-corrected chi connectivity index (χ4v) is 5.50. The van der Waals surface area contributed by atoms with Gasteiger partial charge in [-0.3, -0.25) is 8.97 Å². The zero-order valence-electron chi connectivity index (χ0n) is 18.8. The number of para-hydroxylation sites is 5. The number of hydrogen-bond donors (Lipinski definition) is 1. The maximum Gasteiger partial charge on any atom is 0.220 e. The Labute approximate surface area is 200 Å². The number of aromatic nitrogens is 4. The van der Waals surface area contributed by atoms with Gasteiger partial charge in [-0.2, -0.15) is 0 Å². The number of fused-ring (bicyclic) bond motifs is 8. The molecule has 0 radical (unpaired) electrons. The molecule has 4 nitrogen and oxygen atoms in total. The van der Waals surface area contributed by atoms with E-state index < -0.39 is 0 Å². The lowest BCUT2D eigenvalue weighted by Crippen LogP contribution is -1.94. The minimum atomic E-state index is 0.924. The Morgan fingerprint density at radius 1 is 0.571 bits per heavy atom. The first-order chi connectivity index (χ1) is 17.4. The van der Waals surface area contributed by atoms with Crippen molar-refractivity contribution in [3.8, 4) is 16.8 Å². The van der Waals surface area contributed by atoms with Gasteiger partial charge in [0.05, 0.1) is 22.1 Å². The largest absolute Gasteiger partial charge is 0.355 e. The molecular weight excluding hydrogens is 428 g/mol. The Bertz CT molecular complexity index is 2050. The van der Waals surface area contributed by atoms with Gasteiger partial charge in [-0.1, -0.05) is 66.7 Å². The first kappa shape index (κ1) is 18.6. The van der Waals surface area contributed by atoms with E-state index in [1.807, 2.05) is 6.07 Å². The highest BCUT2D eigenvalue weighted by Crippen LogP contribution is 2.36. The molecule has 0 atom stereocenters. The molecule has 0 aliphatic heterocycles. The van der Waals surface area contributed by atoms with Crippen molar-refractivity contribution in [3.05, 3.63) is 115 Å². The standard InChI is InChI=1S/C31H20N4/c1-2-9-21(10-3-1)34-27-14-6-7-15-28(27)35-29-16-8-12-22(30(29)33-31(34)35)20-17-18-26-24(19-20)23-11-4-5-13-25(23)32-26/h1-19,32H. The molecule has 0 aliphatic carbocycles. The van der Waals surface area contributed by atoms with Gasteiger partial charge in [0.1, 0.15) is 0 Å². The molecule has 0 aliphatic rings. The molecule has 5 aromatic carbocycles. The zero-order chi connectivity index (χ0) is 22.9. The van der Waals surface area contributed by atoms with Gasteiger partial charge in [0, 0.05) is 33.1 Å². The summed E-state index contributed by atoms with van der Waals surface area (Å²) in [4.78, 5) is 8.79. The lowest BCUT2D eigenvalue weighted by Gasteiger charge is -2.05. The first-order valence-electron chi connectivity index (χ1n) is 11.8. The average molecular weight is 449 g/mol. The van der Waals surface area contributed by atoms with Crippen LogP contribution in [-0.4, -0.2) is 18.9 Å². The predicted molar refractivity (Wildman–Crippen MR) is 144 cm³/mol. The Hall–Kier alpha value is -4.83. The van der Waals surface area contributed by atoms with E-state index in [4.69, 9.17) is 4.98 Å². The summed E-state index contributed by atoms with van der Waals surface area (Å²) >= 11 is 0. The summed E-state index contributed by atoms with van der Waals surface area (Å²) in [7, 11) is 0. The minimum Gasteiger partial charge on any atom is -0.355 e. The number of nitrogens with one attached hydrogen (secondary N) is 1. The number of hydrogen-bond acceptors (Lipinski definition) is 1. The molecule has 0 bridgehead atoms. The van der Waals surface area contributed by atoms with E-state index in [1.54, 1.807) is 0 Å². The van der Waals surface area contributed by atoms with E-state index in [1.165, 1.54) is 16.3 Å². The maximum absolute atomic E-state index is 5.25. The van der Waals surface area contributed by atoms with Gasteiger partial charge in [-0.05, 0) is 54.1 Å². The molecule has 0 unspecified atom stereocenters. The second kappa shape index (κ2) is 6.84. The van der Waals surface area contributed by atoms with Gasteiger partial charge in [0.25, 0.3) is 0 Å². The van der Waals surface area contributed by atoms with E-state index >= 15 is 0 Å². The normalized spacial score (nSPS) is 12.0. The van der Waals surface area contributed by atoms with Gasteiger partial charge in [-0.15, -0.1) is 0 Å². The van der Waals surface area contributed by atoms with Gasteiger partial charge in [-0.25, -0.2) is 4.98 Å². The van der Waals surface area contributed by atoms with Gasteiger partial charge >= 0.3 is 0 Å². The van der Waals surface area contributed by atoms with Crippen LogP contribution in [0, 0.1) is 0 Å². The van der Waals surface area contributed by atoms with Crippen LogP contribution >= 0.6 is 0 Å². The van der Waals surface area contributed by atoms with Gasteiger partial charge < -0.3 is 4.98 Å². The summed E-state index contributed by atoms with van der Waals surface area (Å²) in [6.07, 6.45) is 0. The third-order valence-electron chi connectivity index (χ3n) is 7.06. The molecule has 0 saturated heterocycles. The SMILES string of the molecule is c1ccc(-n2c3ccccc3n3c4cccc(-c5ccc6[nH]c7ccccc7c6c5)c4nc23)cc1. The molecule has 8 aromatic rings. The van der Waals surface area contributed by atoms with Crippen molar-refractivity contribution in [2.24, 2.45) is 0 Å². The van der Waals surface area contributed by atoms with Crippen LogP contribution < -0.4 is 0 Å². The molecule has 3 aromatic heterocycles. The Morgan fingerprint density at radius 2 is 1.31 bits per heavy atom. The van der Waals surface area contributed by atoms with Crippen molar-refractivity contribution in [2.75, 3.05) is 0 Å². The molecule has 0 amide bonds. The van der Waals surface area contributed by atoms with Crippen molar-refractivity contribution in [1.29, 1.82) is 0 Å². The van der Waals surface area contributed by atoms with Crippen LogP contribution in [0.3, 0.4) is 0 Å². The molecule has 0 saturated carbocycles. The highest BCUT2D eigenvalue weighted by molar-refractivity contribution is 6.09. The molecule has 3 heterocycles. The molecule has 0 fully saturated rings.